The second-order valence-corrected chi connectivity index (χ2v) is 6.00. The Balaban J connectivity index is 1.81. The minimum Gasteiger partial charge on any atom is -0.385 e. The van der Waals surface area contributed by atoms with E-state index in [4.69, 9.17) is 0 Å². The number of nitrogens with one attached hydrogen (secondary N) is 2. The van der Waals surface area contributed by atoms with Crippen molar-refractivity contribution in [2.24, 2.45) is 0 Å². The molecule has 102 valence electrons. The van der Waals surface area contributed by atoms with Crippen LogP contribution in [0.1, 0.15) is 22.3 Å². The minimum atomic E-state index is -0.0567. The molecule has 2 aromatic carbocycles. The molecule has 0 atom stereocenters. The summed E-state index contributed by atoms with van der Waals surface area (Å²) in [5.74, 6) is -0.0567. The lowest BCUT2D eigenvalue weighted by molar-refractivity contribution is 0.102. The Morgan fingerprint density at radius 3 is 2.90 bits per heavy atom. The van der Waals surface area contributed by atoms with Gasteiger partial charge < -0.3 is 10.6 Å². The van der Waals surface area contributed by atoms with Crippen molar-refractivity contribution in [3.8, 4) is 0 Å². The predicted molar refractivity (Wildman–Crippen MR) is 90.4 cm³/mol. The molecule has 0 spiro atoms. The van der Waals surface area contributed by atoms with Gasteiger partial charge in [-0.2, -0.15) is 0 Å². The summed E-state index contributed by atoms with van der Waals surface area (Å²) in [5.41, 5.74) is 4.03. The molecule has 3 rings (SSSR count). The number of rotatable bonds is 2. The van der Waals surface area contributed by atoms with E-state index < -0.39 is 0 Å². The van der Waals surface area contributed by atoms with Crippen molar-refractivity contribution in [2.45, 2.75) is 12.8 Å². The monoisotopic (exact) mass is 378 g/mol. The number of benzene rings is 2. The minimum absolute atomic E-state index is 0.0567. The van der Waals surface area contributed by atoms with Gasteiger partial charge in [-0.25, -0.2) is 0 Å². The quantitative estimate of drug-likeness (QED) is 0.779. The van der Waals surface area contributed by atoms with Crippen LogP contribution in [0.25, 0.3) is 0 Å². The lowest BCUT2D eigenvalue weighted by Crippen LogP contribution is -2.15. The van der Waals surface area contributed by atoms with Crippen LogP contribution in [0.5, 0.6) is 0 Å². The van der Waals surface area contributed by atoms with Crippen LogP contribution < -0.4 is 10.6 Å². The summed E-state index contributed by atoms with van der Waals surface area (Å²) >= 11 is 2.18. The van der Waals surface area contributed by atoms with E-state index in [0.29, 0.717) is 5.56 Å². The van der Waals surface area contributed by atoms with Gasteiger partial charge in [0.2, 0.25) is 0 Å². The molecule has 2 aromatic rings. The number of carbonyl (C=O) groups excluding carboxylic acids is 1. The Labute approximate surface area is 131 Å². The molecule has 0 saturated heterocycles. The van der Waals surface area contributed by atoms with Crippen molar-refractivity contribution in [1.82, 2.24) is 0 Å². The Kier molecular flexibility index (Phi) is 3.91. The first kappa shape index (κ1) is 13.4. The van der Waals surface area contributed by atoms with Crippen LogP contribution in [0.3, 0.4) is 0 Å². The highest BCUT2D eigenvalue weighted by Crippen LogP contribution is 2.25. The zero-order valence-electron chi connectivity index (χ0n) is 10.9. The van der Waals surface area contributed by atoms with Crippen molar-refractivity contribution in [3.63, 3.8) is 0 Å². The molecule has 4 heteroatoms. The highest BCUT2D eigenvalue weighted by Gasteiger charge is 2.12. The van der Waals surface area contributed by atoms with E-state index in [2.05, 4.69) is 39.3 Å². The van der Waals surface area contributed by atoms with Crippen LogP contribution >= 0.6 is 22.6 Å². The van der Waals surface area contributed by atoms with Gasteiger partial charge in [-0.15, -0.1) is 0 Å². The van der Waals surface area contributed by atoms with Crippen molar-refractivity contribution < 1.29 is 4.79 Å². The molecule has 0 aromatic heterocycles. The molecule has 0 saturated carbocycles. The third-order valence-electron chi connectivity index (χ3n) is 3.42. The molecule has 0 fully saturated rings. The molecule has 0 aliphatic carbocycles. The van der Waals surface area contributed by atoms with Gasteiger partial charge >= 0.3 is 0 Å². The molecule has 1 aliphatic rings. The number of carbonyl (C=O) groups is 1. The molecule has 2 N–H and O–H groups in total. The van der Waals surface area contributed by atoms with Gasteiger partial charge in [0.1, 0.15) is 0 Å². The second-order valence-electron chi connectivity index (χ2n) is 4.84. The fraction of sp³-hybridized carbons (Fsp3) is 0.188. The number of aryl methyl sites for hydroxylation is 1. The summed E-state index contributed by atoms with van der Waals surface area (Å²) in [6.07, 6.45) is 2.20. The molecular formula is C16H15IN2O. The van der Waals surface area contributed by atoms with Crippen LogP contribution in [0.2, 0.25) is 0 Å². The summed E-state index contributed by atoms with van der Waals surface area (Å²) in [6.45, 7) is 1.03. The molecule has 0 radical (unpaired) electrons. The van der Waals surface area contributed by atoms with Crippen LogP contribution in [-0.2, 0) is 6.42 Å². The summed E-state index contributed by atoms with van der Waals surface area (Å²) in [7, 11) is 0. The van der Waals surface area contributed by atoms with Crippen LogP contribution in [0, 0.1) is 3.57 Å². The van der Waals surface area contributed by atoms with Gasteiger partial charge in [0.15, 0.2) is 0 Å². The van der Waals surface area contributed by atoms with Crippen molar-refractivity contribution in [3.05, 3.63) is 57.2 Å². The van der Waals surface area contributed by atoms with Gasteiger partial charge in [0.25, 0.3) is 5.91 Å². The number of anilines is 2. The first-order valence-corrected chi connectivity index (χ1v) is 7.74. The Morgan fingerprint density at radius 2 is 2.05 bits per heavy atom. The largest absolute Gasteiger partial charge is 0.385 e. The van der Waals surface area contributed by atoms with E-state index in [1.807, 2.05) is 36.4 Å². The summed E-state index contributed by atoms with van der Waals surface area (Å²) in [6, 6.07) is 13.7. The fourth-order valence-corrected chi connectivity index (χ4v) is 3.03. The molecule has 1 amide bonds. The smallest absolute Gasteiger partial charge is 0.256 e. The standard InChI is InChI=1S/C16H15IN2O/c17-14-6-2-1-5-13(14)16(20)19-12-7-8-15-11(10-12)4-3-9-18-15/h1-2,5-8,10,18H,3-4,9H2,(H,19,20). The molecule has 20 heavy (non-hydrogen) atoms. The van der Waals surface area contributed by atoms with Gasteiger partial charge in [-0.3, -0.25) is 4.79 Å². The van der Waals surface area contributed by atoms with Crippen molar-refractivity contribution in [1.29, 1.82) is 0 Å². The summed E-state index contributed by atoms with van der Waals surface area (Å²) in [5, 5.41) is 6.35. The number of hydrogen-bond acceptors (Lipinski definition) is 2. The normalized spacial score (nSPS) is 13.2. The molecule has 1 aliphatic heterocycles. The zero-order valence-corrected chi connectivity index (χ0v) is 13.1. The average Bonchev–Trinajstić information content (AvgIpc) is 2.47. The summed E-state index contributed by atoms with van der Waals surface area (Å²) in [4.78, 5) is 12.3. The van der Waals surface area contributed by atoms with Crippen LogP contribution in [0.15, 0.2) is 42.5 Å². The maximum absolute atomic E-state index is 12.3. The van der Waals surface area contributed by atoms with Crippen LogP contribution in [0.4, 0.5) is 11.4 Å². The maximum Gasteiger partial charge on any atom is 0.256 e. The topological polar surface area (TPSA) is 41.1 Å². The zero-order chi connectivity index (χ0) is 13.9. The van der Waals surface area contributed by atoms with E-state index in [1.54, 1.807) is 0 Å². The number of amides is 1. The van der Waals surface area contributed by atoms with E-state index >= 15 is 0 Å². The van der Waals surface area contributed by atoms with E-state index in [1.165, 1.54) is 11.3 Å². The van der Waals surface area contributed by atoms with Gasteiger partial charge in [0.05, 0.1) is 5.56 Å². The third kappa shape index (κ3) is 2.80. The van der Waals surface area contributed by atoms with Crippen molar-refractivity contribution in [2.75, 3.05) is 17.2 Å². The first-order valence-electron chi connectivity index (χ1n) is 6.67. The molecule has 0 bridgehead atoms. The predicted octanol–water partition coefficient (Wildman–Crippen LogP) is 3.90. The first-order chi connectivity index (χ1) is 9.74. The lowest BCUT2D eigenvalue weighted by atomic mass is 10.0. The number of fused-ring (bicyclic) bond motifs is 1. The fourth-order valence-electron chi connectivity index (χ4n) is 2.40. The van der Waals surface area contributed by atoms with Gasteiger partial charge in [0, 0.05) is 21.5 Å². The van der Waals surface area contributed by atoms with E-state index in [-0.39, 0.29) is 5.91 Å². The second kappa shape index (κ2) is 5.83. The molecule has 0 unspecified atom stereocenters. The number of hydrogen-bond donors (Lipinski definition) is 2. The van der Waals surface area contributed by atoms with Crippen molar-refractivity contribution >= 4 is 39.9 Å². The maximum atomic E-state index is 12.3. The SMILES string of the molecule is O=C(Nc1ccc2c(c1)CCCN2)c1ccccc1I. The number of halogens is 1. The highest BCUT2D eigenvalue weighted by atomic mass is 127. The lowest BCUT2D eigenvalue weighted by Gasteiger charge is -2.18. The third-order valence-corrected chi connectivity index (χ3v) is 4.36. The van der Waals surface area contributed by atoms with E-state index in [0.717, 1.165) is 28.6 Å². The van der Waals surface area contributed by atoms with Crippen LogP contribution in [-0.4, -0.2) is 12.5 Å². The Bertz CT molecular complexity index is 655. The molecular weight excluding hydrogens is 363 g/mol. The van der Waals surface area contributed by atoms with Gasteiger partial charge in [-0.1, -0.05) is 12.1 Å². The summed E-state index contributed by atoms with van der Waals surface area (Å²) < 4.78 is 0.960. The van der Waals surface area contributed by atoms with E-state index in [9.17, 15) is 4.79 Å². The van der Waals surface area contributed by atoms with Gasteiger partial charge in [-0.05, 0) is 71.3 Å². The molecule has 1 heterocycles. The Morgan fingerprint density at radius 1 is 1.20 bits per heavy atom. The average molecular weight is 378 g/mol. The highest BCUT2D eigenvalue weighted by molar-refractivity contribution is 14.1. The Hall–Kier alpha value is -1.56. The molecule has 3 nitrogen and oxygen atoms in total.